The van der Waals surface area contributed by atoms with Crippen molar-refractivity contribution in [3.05, 3.63) is 48.2 Å². The molecule has 0 aliphatic carbocycles. The van der Waals surface area contributed by atoms with E-state index in [4.69, 9.17) is 9.47 Å². The lowest BCUT2D eigenvalue weighted by Gasteiger charge is -2.11. The standard InChI is InChI=1S/C17H17N3O3/c1-20-14-7-5-4-6-12(14)16(19-20)17(21)18-13-9-8-11(22-2)10-15(13)23-3/h4-10H,1-3H3,(H,18,21). The van der Waals surface area contributed by atoms with E-state index in [1.54, 1.807) is 37.1 Å². The second-order valence-electron chi connectivity index (χ2n) is 5.01. The summed E-state index contributed by atoms with van der Waals surface area (Å²) in [6, 6.07) is 12.8. The second kappa shape index (κ2) is 6.00. The number of aryl methyl sites for hydroxylation is 1. The molecule has 6 nitrogen and oxygen atoms in total. The van der Waals surface area contributed by atoms with Crippen molar-refractivity contribution in [2.24, 2.45) is 7.05 Å². The Hall–Kier alpha value is -3.02. The first-order valence-corrected chi connectivity index (χ1v) is 7.09. The van der Waals surface area contributed by atoms with E-state index in [-0.39, 0.29) is 5.91 Å². The molecule has 0 unspecified atom stereocenters. The Morgan fingerprint density at radius 3 is 2.65 bits per heavy atom. The van der Waals surface area contributed by atoms with Gasteiger partial charge < -0.3 is 14.8 Å². The number of para-hydroxylation sites is 1. The van der Waals surface area contributed by atoms with Gasteiger partial charge in [0.05, 0.1) is 25.4 Å². The van der Waals surface area contributed by atoms with Crippen LogP contribution in [0, 0.1) is 0 Å². The summed E-state index contributed by atoms with van der Waals surface area (Å²) in [5, 5.41) is 7.96. The van der Waals surface area contributed by atoms with Crippen LogP contribution in [0.25, 0.3) is 10.9 Å². The molecule has 6 heteroatoms. The average molecular weight is 311 g/mol. The van der Waals surface area contributed by atoms with Gasteiger partial charge in [-0.25, -0.2) is 0 Å². The number of nitrogens with zero attached hydrogens (tertiary/aromatic N) is 2. The number of rotatable bonds is 4. The minimum Gasteiger partial charge on any atom is -0.497 e. The predicted octanol–water partition coefficient (Wildman–Crippen LogP) is 2.84. The highest BCUT2D eigenvalue weighted by atomic mass is 16.5. The molecule has 0 radical (unpaired) electrons. The maximum absolute atomic E-state index is 12.6. The number of benzene rings is 2. The van der Waals surface area contributed by atoms with Crippen LogP contribution >= 0.6 is 0 Å². The van der Waals surface area contributed by atoms with Crippen molar-refractivity contribution in [2.75, 3.05) is 19.5 Å². The van der Waals surface area contributed by atoms with Crippen LogP contribution < -0.4 is 14.8 Å². The van der Waals surface area contributed by atoms with Crippen molar-refractivity contribution in [3.8, 4) is 11.5 Å². The minimum atomic E-state index is -0.287. The number of methoxy groups -OCH3 is 2. The van der Waals surface area contributed by atoms with E-state index in [0.29, 0.717) is 22.9 Å². The van der Waals surface area contributed by atoms with E-state index in [9.17, 15) is 4.79 Å². The molecule has 1 N–H and O–H groups in total. The molecule has 0 saturated heterocycles. The molecule has 118 valence electrons. The number of fused-ring (bicyclic) bond motifs is 1. The van der Waals surface area contributed by atoms with Crippen molar-refractivity contribution in [1.82, 2.24) is 9.78 Å². The summed E-state index contributed by atoms with van der Waals surface area (Å²) in [4.78, 5) is 12.6. The summed E-state index contributed by atoms with van der Waals surface area (Å²) < 4.78 is 12.1. The normalized spacial score (nSPS) is 10.6. The summed E-state index contributed by atoms with van der Waals surface area (Å²) in [5.74, 6) is 0.895. The number of anilines is 1. The first kappa shape index (κ1) is 14.9. The van der Waals surface area contributed by atoms with E-state index < -0.39 is 0 Å². The lowest BCUT2D eigenvalue weighted by molar-refractivity contribution is 0.102. The molecular weight excluding hydrogens is 294 g/mol. The van der Waals surface area contributed by atoms with Gasteiger partial charge in [-0.3, -0.25) is 9.48 Å². The van der Waals surface area contributed by atoms with Crippen LogP contribution in [0.2, 0.25) is 0 Å². The Bertz CT molecular complexity index is 871. The lowest BCUT2D eigenvalue weighted by atomic mass is 10.2. The quantitative estimate of drug-likeness (QED) is 0.804. The first-order chi connectivity index (χ1) is 11.1. The van der Waals surface area contributed by atoms with Gasteiger partial charge in [0.15, 0.2) is 5.69 Å². The van der Waals surface area contributed by atoms with Gasteiger partial charge in [0.1, 0.15) is 11.5 Å². The Labute approximate surface area is 133 Å². The molecule has 0 bridgehead atoms. The highest BCUT2D eigenvalue weighted by molar-refractivity contribution is 6.11. The fraction of sp³-hybridized carbons (Fsp3) is 0.176. The number of hydrogen-bond acceptors (Lipinski definition) is 4. The Kier molecular flexibility index (Phi) is 3.89. The molecule has 1 heterocycles. The number of carbonyl (C=O) groups is 1. The SMILES string of the molecule is COc1ccc(NC(=O)c2nn(C)c3ccccc23)c(OC)c1. The van der Waals surface area contributed by atoms with Gasteiger partial charge in [-0.15, -0.1) is 0 Å². The largest absolute Gasteiger partial charge is 0.497 e. The topological polar surface area (TPSA) is 65.4 Å². The van der Waals surface area contributed by atoms with Crippen LogP contribution in [0.1, 0.15) is 10.5 Å². The van der Waals surface area contributed by atoms with Crippen molar-refractivity contribution < 1.29 is 14.3 Å². The van der Waals surface area contributed by atoms with E-state index in [1.807, 2.05) is 31.3 Å². The summed E-state index contributed by atoms with van der Waals surface area (Å²) in [6.07, 6.45) is 0. The van der Waals surface area contributed by atoms with Crippen LogP contribution in [0.4, 0.5) is 5.69 Å². The van der Waals surface area contributed by atoms with Gasteiger partial charge in [-0.1, -0.05) is 18.2 Å². The molecule has 0 atom stereocenters. The van der Waals surface area contributed by atoms with Gasteiger partial charge in [0.25, 0.3) is 5.91 Å². The highest BCUT2D eigenvalue weighted by Crippen LogP contribution is 2.29. The molecule has 0 saturated carbocycles. The lowest BCUT2D eigenvalue weighted by Crippen LogP contribution is -2.14. The van der Waals surface area contributed by atoms with Crippen LogP contribution in [-0.2, 0) is 7.05 Å². The van der Waals surface area contributed by atoms with Gasteiger partial charge >= 0.3 is 0 Å². The zero-order valence-electron chi connectivity index (χ0n) is 13.2. The van der Waals surface area contributed by atoms with Gasteiger partial charge in [-0.05, 0) is 18.2 Å². The Morgan fingerprint density at radius 1 is 1.13 bits per heavy atom. The third-order valence-electron chi connectivity index (χ3n) is 3.63. The molecule has 0 fully saturated rings. The van der Waals surface area contributed by atoms with E-state index in [0.717, 1.165) is 10.9 Å². The summed E-state index contributed by atoms with van der Waals surface area (Å²) in [5.41, 5.74) is 1.84. The molecular formula is C17H17N3O3. The van der Waals surface area contributed by atoms with Gasteiger partial charge in [-0.2, -0.15) is 5.10 Å². The molecule has 0 spiro atoms. The van der Waals surface area contributed by atoms with E-state index in [1.165, 1.54) is 0 Å². The summed E-state index contributed by atoms with van der Waals surface area (Å²) in [7, 11) is 4.93. The van der Waals surface area contributed by atoms with E-state index in [2.05, 4.69) is 10.4 Å². The summed E-state index contributed by atoms with van der Waals surface area (Å²) in [6.45, 7) is 0. The minimum absolute atomic E-state index is 0.287. The first-order valence-electron chi connectivity index (χ1n) is 7.09. The third-order valence-corrected chi connectivity index (χ3v) is 3.63. The number of amides is 1. The zero-order chi connectivity index (χ0) is 16.4. The number of carbonyl (C=O) groups excluding carboxylic acids is 1. The number of ether oxygens (including phenoxy) is 2. The van der Waals surface area contributed by atoms with Crippen LogP contribution in [0.3, 0.4) is 0 Å². The predicted molar refractivity (Wildman–Crippen MR) is 88.2 cm³/mol. The zero-order valence-corrected chi connectivity index (χ0v) is 13.2. The molecule has 3 aromatic rings. The maximum Gasteiger partial charge on any atom is 0.276 e. The van der Waals surface area contributed by atoms with Crippen LogP contribution in [0.5, 0.6) is 11.5 Å². The van der Waals surface area contributed by atoms with Gasteiger partial charge in [0.2, 0.25) is 0 Å². The monoisotopic (exact) mass is 311 g/mol. The van der Waals surface area contributed by atoms with Crippen molar-refractivity contribution >= 4 is 22.5 Å². The summed E-state index contributed by atoms with van der Waals surface area (Å²) >= 11 is 0. The van der Waals surface area contributed by atoms with Crippen LogP contribution in [0.15, 0.2) is 42.5 Å². The maximum atomic E-state index is 12.6. The van der Waals surface area contributed by atoms with Gasteiger partial charge in [0, 0.05) is 18.5 Å². The van der Waals surface area contributed by atoms with E-state index >= 15 is 0 Å². The van der Waals surface area contributed by atoms with Crippen molar-refractivity contribution in [1.29, 1.82) is 0 Å². The molecule has 0 aliphatic heterocycles. The smallest absolute Gasteiger partial charge is 0.276 e. The molecule has 3 rings (SSSR count). The molecule has 0 aliphatic rings. The number of aromatic nitrogens is 2. The number of hydrogen-bond donors (Lipinski definition) is 1. The fourth-order valence-electron chi connectivity index (χ4n) is 2.46. The second-order valence-corrected chi connectivity index (χ2v) is 5.01. The molecule has 1 amide bonds. The fourth-order valence-corrected chi connectivity index (χ4v) is 2.46. The third kappa shape index (κ3) is 2.70. The molecule has 1 aromatic heterocycles. The van der Waals surface area contributed by atoms with Crippen LogP contribution in [-0.4, -0.2) is 29.9 Å². The highest BCUT2D eigenvalue weighted by Gasteiger charge is 2.17. The molecule has 23 heavy (non-hydrogen) atoms. The average Bonchev–Trinajstić information content (AvgIpc) is 2.92. The Morgan fingerprint density at radius 2 is 1.91 bits per heavy atom. The number of nitrogens with one attached hydrogen (secondary N) is 1. The van der Waals surface area contributed by atoms with Crippen molar-refractivity contribution in [3.63, 3.8) is 0 Å². The molecule has 2 aromatic carbocycles. The van der Waals surface area contributed by atoms with Crippen molar-refractivity contribution in [2.45, 2.75) is 0 Å². The Balaban J connectivity index is 1.95.